The molecule has 27 heavy (non-hydrogen) atoms. The molecular weight excluding hydrogens is 365 g/mol. The number of alkyl halides is 3. The third kappa shape index (κ3) is 5.73. The van der Waals surface area contributed by atoms with Crippen molar-refractivity contribution in [3.05, 3.63) is 23.4 Å². The highest BCUT2D eigenvalue weighted by atomic mass is 19.4. The second-order valence-electron chi connectivity index (χ2n) is 6.95. The molecule has 150 valence electrons. The van der Waals surface area contributed by atoms with Gasteiger partial charge in [-0.25, -0.2) is 14.8 Å². The van der Waals surface area contributed by atoms with Crippen LogP contribution in [0.1, 0.15) is 55.6 Å². The maximum atomic E-state index is 12.8. The Morgan fingerprint density at radius 2 is 1.96 bits per heavy atom. The van der Waals surface area contributed by atoms with Crippen LogP contribution in [0.25, 0.3) is 0 Å². The van der Waals surface area contributed by atoms with Gasteiger partial charge in [-0.3, -0.25) is 10.2 Å². The van der Waals surface area contributed by atoms with Gasteiger partial charge in [-0.1, -0.05) is 19.9 Å². The summed E-state index contributed by atoms with van der Waals surface area (Å²) in [4.78, 5) is 27.8. The van der Waals surface area contributed by atoms with Gasteiger partial charge in [0, 0.05) is 12.1 Å². The first-order valence-electron chi connectivity index (χ1n) is 8.61. The zero-order valence-corrected chi connectivity index (χ0v) is 15.3. The lowest BCUT2D eigenvalue weighted by Crippen LogP contribution is -2.50. The number of primary amides is 1. The molecule has 0 spiro atoms. The average molecular weight is 388 g/mol. The number of hydrogen-bond donors (Lipinski definition) is 2. The maximum Gasteiger partial charge on any atom is 0.425 e. The van der Waals surface area contributed by atoms with E-state index in [2.05, 4.69) is 10.4 Å². The zero-order valence-electron chi connectivity index (χ0n) is 15.3. The summed E-state index contributed by atoms with van der Waals surface area (Å²) in [6, 6.07) is 2.08. The molecule has 1 aromatic rings. The molecule has 10 heteroatoms. The zero-order chi connectivity index (χ0) is 20.4. The van der Waals surface area contributed by atoms with Crippen molar-refractivity contribution in [2.45, 2.75) is 51.8 Å². The molecule has 1 atom stereocenters. The van der Waals surface area contributed by atoms with Crippen molar-refractivity contribution < 1.29 is 27.5 Å². The number of nitrogens with two attached hydrogens (primary N) is 1. The number of ether oxygens (including phenoxy) is 1. The molecule has 0 bridgehead atoms. The molecule has 3 amide bonds. The lowest BCUT2D eigenvalue weighted by molar-refractivity contribution is -0.190. The van der Waals surface area contributed by atoms with Crippen LogP contribution >= 0.6 is 0 Å². The Morgan fingerprint density at radius 3 is 2.44 bits per heavy atom. The van der Waals surface area contributed by atoms with Gasteiger partial charge in [0.15, 0.2) is 6.10 Å². The van der Waals surface area contributed by atoms with Gasteiger partial charge in [0.25, 0.3) is 5.91 Å². The summed E-state index contributed by atoms with van der Waals surface area (Å²) in [6.45, 7) is 4.71. The lowest BCUT2D eigenvalue weighted by Gasteiger charge is -2.23. The Kier molecular flexibility index (Phi) is 6.17. The fraction of sp³-hybridized carbons (Fsp3) is 0.588. The number of halogens is 3. The van der Waals surface area contributed by atoms with E-state index in [4.69, 9.17) is 10.5 Å². The van der Waals surface area contributed by atoms with Gasteiger partial charge in [-0.05, 0) is 37.7 Å². The standard InChI is InChI=1S/C17H23F3N4O3/c1-9(2)8-24(16(21)26)23-14(25)13-7-6-12(11-4-5-11)15(22-13)27-10(3)17(18,19)20/h6-7,9-11H,4-5,8H2,1-3H3,(H2,21,26)(H,23,25). The predicted molar refractivity (Wildman–Crippen MR) is 91.0 cm³/mol. The molecule has 0 aromatic carbocycles. The Labute approximate surface area is 155 Å². The number of hydrazine groups is 1. The van der Waals surface area contributed by atoms with Crippen molar-refractivity contribution in [1.29, 1.82) is 0 Å². The van der Waals surface area contributed by atoms with Gasteiger partial charge in [-0.15, -0.1) is 0 Å². The summed E-state index contributed by atoms with van der Waals surface area (Å²) in [5.41, 5.74) is 7.92. The van der Waals surface area contributed by atoms with Crippen LogP contribution in [0.15, 0.2) is 12.1 Å². The highest BCUT2D eigenvalue weighted by molar-refractivity contribution is 5.93. The van der Waals surface area contributed by atoms with Crippen molar-refractivity contribution in [2.75, 3.05) is 6.54 Å². The number of hydrogen-bond acceptors (Lipinski definition) is 4. The monoisotopic (exact) mass is 388 g/mol. The first-order chi connectivity index (χ1) is 12.5. The van der Waals surface area contributed by atoms with Crippen molar-refractivity contribution >= 4 is 11.9 Å². The Balaban J connectivity index is 2.22. The third-order valence-electron chi connectivity index (χ3n) is 3.94. The van der Waals surface area contributed by atoms with E-state index in [1.54, 1.807) is 0 Å². The molecule has 1 aromatic heterocycles. The van der Waals surface area contributed by atoms with E-state index in [0.29, 0.717) is 5.56 Å². The topological polar surface area (TPSA) is 97.6 Å². The van der Waals surface area contributed by atoms with Gasteiger partial charge in [0.05, 0.1) is 0 Å². The van der Waals surface area contributed by atoms with Crippen molar-refractivity contribution in [2.24, 2.45) is 11.7 Å². The predicted octanol–water partition coefficient (Wildman–Crippen LogP) is 2.97. The summed E-state index contributed by atoms with van der Waals surface area (Å²) >= 11 is 0. The second-order valence-corrected chi connectivity index (χ2v) is 6.95. The van der Waals surface area contributed by atoms with E-state index in [9.17, 15) is 22.8 Å². The highest BCUT2D eigenvalue weighted by Crippen LogP contribution is 2.44. The number of pyridine rings is 1. The molecular formula is C17H23F3N4O3. The molecule has 1 saturated carbocycles. The molecule has 1 aliphatic carbocycles. The van der Waals surface area contributed by atoms with Crippen LogP contribution in [-0.4, -0.2) is 40.8 Å². The van der Waals surface area contributed by atoms with E-state index in [-0.39, 0.29) is 30.0 Å². The molecule has 0 saturated heterocycles. The minimum Gasteiger partial charge on any atom is -0.465 e. The molecule has 0 radical (unpaired) electrons. The number of amides is 3. The second kappa shape index (κ2) is 8.01. The fourth-order valence-corrected chi connectivity index (χ4v) is 2.35. The molecule has 1 unspecified atom stereocenters. The molecule has 3 N–H and O–H groups in total. The summed E-state index contributed by atoms with van der Waals surface area (Å²) < 4.78 is 43.5. The van der Waals surface area contributed by atoms with Gasteiger partial charge in [-0.2, -0.15) is 13.2 Å². The number of urea groups is 1. The minimum absolute atomic E-state index is 0.0366. The minimum atomic E-state index is -4.55. The van der Waals surface area contributed by atoms with Crippen LogP contribution < -0.4 is 15.9 Å². The normalized spacial score (nSPS) is 15.4. The summed E-state index contributed by atoms with van der Waals surface area (Å²) in [7, 11) is 0. The van der Waals surface area contributed by atoms with Gasteiger partial charge < -0.3 is 10.5 Å². The van der Waals surface area contributed by atoms with Crippen LogP contribution in [0.4, 0.5) is 18.0 Å². The highest BCUT2D eigenvalue weighted by Gasteiger charge is 2.39. The Bertz CT molecular complexity index is 705. The Morgan fingerprint density at radius 1 is 1.33 bits per heavy atom. The van der Waals surface area contributed by atoms with Crippen LogP contribution in [0.3, 0.4) is 0 Å². The number of carbonyl (C=O) groups is 2. The van der Waals surface area contributed by atoms with E-state index >= 15 is 0 Å². The smallest absolute Gasteiger partial charge is 0.425 e. The third-order valence-corrected chi connectivity index (χ3v) is 3.94. The Hall–Kier alpha value is -2.52. The first kappa shape index (κ1) is 20.8. The number of carbonyl (C=O) groups excluding carboxylic acids is 2. The van der Waals surface area contributed by atoms with Crippen LogP contribution in [0.5, 0.6) is 5.88 Å². The van der Waals surface area contributed by atoms with Crippen LogP contribution in [-0.2, 0) is 0 Å². The van der Waals surface area contributed by atoms with E-state index in [1.165, 1.54) is 12.1 Å². The molecule has 1 fully saturated rings. The lowest BCUT2D eigenvalue weighted by atomic mass is 10.1. The number of aromatic nitrogens is 1. The quantitative estimate of drug-likeness (QED) is 0.732. The molecule has 1 aliphatic rings. The summed E-state index contributed by atoms with van der Waals surface area (Å²) in [6.07, 6.45) is -4.97. The fourth-order valence-electron chi connectivity index (χ4n) is 2.35. The van der Waals surface area contributed by atoms with E-state index < -0.39 is 24.2 Å². The molecule has 0 aliphatic heterocycles. The molecule has 1 heterocycles. The molecule has 2 rings (SSSR count). The van der Waals surface area contributed by atoms with Gasteiger partial charge >= 0.3 is 12.2 Å². The number of nitrogens with one attached hydrogen (secondary N) is 1. The number of rotatable bonds is 6. The largest absolute Gasteiger partial charge is 0.465 e. The molecule has 7 nitrogen and oxygen atoms in total. The van der Waals surface area contributed by atoms with Crippen molar-refractivity contribution in [3.8, 4) is 5.88 Å². The summed E-state index contributed by atoms with van der Waals surface area (Å²) in [5.74, 6) is -0.867. The first-order valence-corrected chi connectivity index (χ1v) is 8.61. The van der Waals surface area contributed by atoms with Crippen LogP contribution in [0, 0.1) is 5.92 Å². The number of nitrogens with zero attached hydrogens (tertiary/aromatic N) is 2. The average Bonchev–Trinajstić information content (AvgIpc) is 3.37. The summed E-state index contributed by atoms with van der Waals surface area (Å²) in [5, 5.41) is 0.933. The van der Waals surface area contributed by atoms with E-state index in [1.807, 2.05) is 13.8 Å². The SMILES string of the molecule is CC(C)CN(NC(=O)c1ccc(C2CC2)c(OC(C)C(F)(F)F)n1)C(N)=O. The maximum absolute atomic E-state index is 12.8. The van der Waals surface area contributed by atoms with Gasteiger partial charge in [0.2, 0.25) is 5.88 Å². The van der Waals surface area contributed by atoms with Crippen LogP contribution in [0.2, 0.25) is 0 Å². The van der Waals surface area contributed by atoms with E-state index in [0.717, 1.165) is 24.8 Å². The van der Waals surface area contributed by atoms with Crippen molar-refractivity contribution in [1.82, 2.24) is 15.4 Å². The van der Waals surface area contributed by atoms with Gasteiger partial charge in [0.1, 0.15) is 5.69 Å². The van der Waals surface area contributed by atoms with Crippen molar-refractivity contribution in [3.63, 3.8) is 0 Å².